The van der Waals surface area contributed by atoms with E-state index >= 15 is 0 Å². The zero-order chi connectivity index (χ0) is 16.3. The molecule has 0 atom stereocenters. The first kappa shape index (κ1) is 19.5. The number of hydrogen-bond acceptors (Lipinski definition) is 7. The summed E-state index contributed by atoms with van der Waals surface area (Å²) < 4.78 is 23.9. The second-order valence-electron chi connectivity index (χ2n) is 4.59. The standard InChI is InChI=1S/C14H17N3O3S2.ClH/c1-4-22(19,20)10-5-6-12(18)11(8-10)16-13-7-9(2)15-14(17-13)21-3;/h5-8,18H,4H2,1-3H3,(H,15,16,17);1H. The highest BCUT2D eigenvalue weighted by atomic mass is 35.5. The highest BCUT2D eigenvalue weighted by molar-refractivity contribution is 7.98. The van der Waals surface area contributed by atoms with Gasteiger partial charge in [0.05, 0.1) is 16.3 Å². The van der Waals surface area contributed by atoms with E-state index in [0.29, 0.717) is 16.7 Å². The summed E-state index contributed by atoms with van der Waals surface area (Å²) in [6, 6.07) is 5.87. The van der Waals surface area contributed by atoms with E-state index in [1.54, 1.807) is 13.0 Å². The first-order valence-electron chi connectivity index (χ1n) is 6.58. The molecule has 0 aliphatic heterocycles. The van der Waals surface area contributed by atoms with Gasteiger partial charge in [-0.05, 0) is 31.4 Å². The number of anilines is 2. The van der Waals surface area contributed by atoms with Gasteiger partial charge in [-0.1, -0.05) is 18.7 Å². The van der Waals surface area contributed by atoms with Crippen LogP contribution in [-0.2, 0) is 9.84 Å². The number of aryl methyl sites for hydroxylation is 1. The quantitative estimate of drug-likeness (QED) is 0.471. The van der Waals surface area contributed by atoms with Gasteiger partial charge in [0, 0.05) is 11.8 Å². The lowest BCUT2D eigenvalue weighted by atomic mass is 10.3. The van der Waals surface area contributed by atoms with Crippen LogP contribution in [0.5, 0.6) is 5.75 Å². The fourth-order valence-electron chi connectivity index (χ4n) is 1.81. The maximum absolute atomic E-state index is 11.9. The van der Waals surface area contributed by atoms with Gasteiger partial charge in [-0.3, -0.25) is 0 Å². The average molecular weight is 376 g/mol. The number of sulfone groups is 1. The highest BCUT2D eigenvalue weighted by Crippen LogP contribution is 2.29. The maximum Gasteiger partial charge on any atom is 0.189 e. The van der Waals surface area contributed by atoms with Crippen molar-refractivity contribution >= 4 is 45.5 Å². The molecule has 0 aliphatic carbocycles. The first-order valence-corrected chi connectivity index (χ1v) is 9.46. The lowest BCUT2D eigenvalue weighted by molar-refractivity contribution is 0.477. The number of hydrogen-bond donors (Lipinski definition) is 2. The van der Waals surface area contributed by atoms with Crippen molar-refractivity contribution in [2.24, 2.45) is 0 Å². The van der Waals surface area contributed by atoms with Crippen LogP contribution in [-0.4, -0.2) is 35.5 Å². The van der Waals surface area contributed by atoms with Gasteiger partial charge in [0.15, 0.2) is 15.0 Å². The van der Waals surface area contributed by atoms with Gasteiger partial charge in [0.25, 0.3) is 0 Å². The topological polar surface area (TPSA) is 92.2 Å². The number of benzene rings is 1. The van der Waals surface area contributed by atoms with Crippen LogP contribution < -0.4 is 5.32 Å². The van der Waals surface area contributed by atoms with Gasteiger partial charge < -0.3 is 10.4 Å². The Morgan fingerprint density at radius 1 is 1.26 bits per heavy atom. The van der Waals surface area contributed by atoms with E-state index in [2.05, 4.69) is 15.3 Å². The van der Waals surface area contributed by atoms with Gasteiger partial charge in [0.2, 0.25) is 0 Å². The third-order valence-corrected chi connectivity index (χ3v) is 5.27. The Morgan fingerprint density at radius 2 is 1.96 bits per heavy atom. The summed E-state index contributed by atoms with van der Waals surface area (Å²) in [6.07, 6.45) is 1.87. The van der Waals surface area contributed by atoms with Crippen molar-refractivity contribution in [2.75, 3.05) is 17.3 Å². The third kappa shape index (κ3) is 4.73. The fraction of sp³-hybridized carbons (Fsp3) is 0.286. The summed E-state index contributed by atoms with van der Waals surface area (Å²) in [6.45, 7) is 3.41. The second-order valence-corrected chi connectivity index (χ2v) is 7.64. The predicted molar refractivity (Wildman–Crippen MR) is 94.9 cm³/mol. The normalized spacial score (nSPS) is 10.9. The molecule has 23 heavy (non-hydrogen) atoms. The number of halogens is 1. The highest BCUT2D eigenvalue weighted by Gasteiger charge is 2.14. The molecule has 0 amide bonds. The molecule has 6 nitrogen and oxygen atoms in total. The van der Waals surface area contributed by atoms with E-state index in [0.717, 1.165) is 5.69 Å². The Morgan fingerprint density at radius 3 is 2.57 bits per heavy atom. The Hall–Kier alpha value is -1.51. The Labute approximate surface area is 146 Å². The van der Waals surface area contributed by atoms with Gasteiger partial charge in [0.1, 0.15) is 11.6 Å². The minimum atomic E-state index is -3.34. The summed E-state index contributed by atoms with van der Waals surface area (Å²) in [5, 5.41) is 13.5. The van der Waals surface area contributed by atoms with Gasteiger partial charge in [-0.25, -0.2) is 18.4 Å². The zero-order valence-electron chi connectivity index (χ0n) is 12.9. The Bertz CT molecular complexity index is 798. The maximum atomic E-state index is 11.9. The smallest absolute Gasteiger partial charge is 0.189 e. The number of aromatic hydroxyl groups is 1. The molecule has 126 valence electrons. The molecule has 0 aliphatic rings. The summed E-state index contributed by atoms with van der Waals surface area (Å²) >= 11 is 1.40. The van der Waals surface area contributed by atoms with E-state index in [1.807, 2.05) is 13.2 Å². The van der Waals surface area contributed by atoms with Gasteiger partial charge in [-0.15, -0.1) is 12.4 Å². The molecule has 0 saturated heterocycles. The van der Waals surface area contributed by atoms with Crippen molar-refractivity contribution in [3.8, 4) is 5.75 Å². The molecule has 0 saturated carbocycles. The lowest BCUT2D eigenvalue weighted by Gasteiger charge is -2.11. The van der Waals surface area contributed by atoms with E-state index in [9.17, 15) is 13.5 Å². The molecule has 1 aromatic heterocycles. The van der Waals surface area contributed by atoms with Crippen molar-refractivity contribution in [1.82, 2.24) is 9.97 Å². The molecular weight excluding hydrogens is 358 g/mol. The molecule has 2 rings (SSSR count). The summed E-state index contributed by atoms with van der Waals surface area (Å²) in [7, 11) is -3.34. The van der Waals surface area contributed by atoms with E-state index in [4.69, 9.17) is 0 Å². The number of phenols is 1. The largest absolute Gasteiger partial charge is 0.506 e. The summed E-state index contributed by atoms with van der Waals surface area (Å²) in [5.41, 5.74) is 1.07. The minimum Gasteiger partial charge on any atom is -0.506 e. The molecule has 0 unspecified atom stereocenters. The molecular formula is C14H18ClN3O3S2. The molecule has 0 radical (unpaired) electrons. The van der Waals surface area contributed by atoms with E-state index < -0.39 is 9.84 Å². The van der Waals surface area contributed by atoms with E-state index in [1.165, 1.54) is 30.0 Å². The molecule has 1 aromatic carbocycles. The molecule has 9 heteroatoms. The monoisotopic (exact) mass is 375 g/mol. The predicted octanol–water partition coefficient (Wildman–Crippen LogP) is 3.17. The van der Waals surface area contributed by atoms with Crippen molar-refractivity contribution in [1.29, 1.82) is 0 Å². The van der Waals surface area contributed by atoms with Crippen molar-refractivity contribution in [3.63, 3.8) is 0 Å². The van der Waals surface area contributed by atoms with Crippen LogP contribution in [0.25, 0.3) is 0 Å². The Kier molecular flexibility index (Phi) is 6.67. The Balaban J connectivity index is 0.00000264. The SMILES string of the molecule is CCS(=O)(=O)c1ccc(O)c(Nc2cc(C)nc(SC)n2)c1.Cl. The van der Waals surface area contributed by atoms with Crippen LogP contribution in [0.4, 0.5) is 11.5 Å². The van der Waals surface area contributed by atoms with Crippen LogP contribution in [0, 0.1) is 6.92 Å². The summed E-state index contributed by atoms with van der Waals surface area (Å²) in [4.78, 5) is 8.68. The average Bonchev–Trinajstić information content (AvgIpc) is 2.48. The molecule has 2 aromatic rings. The van der Waals surface area contributed by atoms with Crippen LogP contribution in [0.15, 0.2) is 34.3 Å². The molecule has 0 spiro atoms. The van der Waals surface area contributed by atoms with Crippen LogP contribution in [0.2, 0.25) is 0 Å². The summed E-state index contributed by atoms with van der Waals surface area (Å²) in [5.74, 6) is 0.454. The number of aromatic nitrogens is 2. The zero-order valence-corrected chi connectivity index (χ0v) is 15.3. The van der Waals surface area contributed by atoms with Crippen LogP contribution >= 0.6 is 24.2 Å². The van der Waals surface area contributed by atoms with Crippen LogP contribution in [0.1, 0.15) is 12.6 Å². The van der Waals surface area contributed by atoms with Crippen molar-refractivity contribution < 1.29 is 13.5 Å². The number of phenolic OH excluding ortho intramolecular Hbond substituents is 1. The number of nitrogens with zero attached hydrogens (tertiary/aromatic N) is 2. The van der Waals surface area contributed by atoms with Gasteiger partial charge in [-0.2, -0.15) is 0 Å². The van der Waals surface area contributed by atoms with Crippen molar-refractivity contribution in [2.45, 2.75) is 23.9 Å². The fourth-order valence-corrected chi connectivity index (χ4v) is 3.14. The van der Waals surface area contributed by atoms with E-state index in [-0.39, 0.29) is 28.8 Å². The van der Waals surface area contributed by atoms with Crippen LogP contribution in [0.3, 0.4) is 0 Å². The second kappa shape index (κ2) is 7.85. The van der Waals surface area contributed by atoms with Gasteiger partial charge >= 0.3 is 0 Å². The lowest BCUT2D eigenvalue weighted by Crippen LogP contribution is -2.05. The molecule has 0 fully saturated rings. The molecule has 1 heterocycles. The molecule has 0 bridgehead atoms. The van der Waals surface area contributed by atoms with Crippen molar-refractivity contribution in [3.05, 3.63) is 30.0 Å². The third-order valence-electron chi connectivity index (χ3n) is 2.99. The number of nitrogens with one attached hydrogen (secondary N) is 1. The molecule has 2 N–H and O–H groups in total. The minimum absolute atomic E-state index is 0. The number of thioether (sulfide) groups is 1. The first-order chi connectivity index (χ1) is 10.4. The number of rotatable bonds is 5.